The minimum Gasteiger partial charge on any atom is -0.306 e. The molecule has 110 valence electrons. The van der Waals surface area contributed by atoms with Gasteiger partial charge in [0.2, 0.25) is 0 Å². The van der Waals surface area contributed by atoms with Crippen LogP contribution in [-0.4, -0.2) is 9.97 Å². The molecule has 0 aliphatic heterocycles. The smallest absolute Gasteiger partial charge is 0.264 e. The van der Waals surface area contributed by atoms with Crippen molar-refractivity contribution in [2.75, 3.05) is 0 Å². The average Bonchev–Trinajstić information content (AvgIpc) is 2.98. The van der Waals surface area contributed by atoms with Crippen LogP contribution in [0.2, 0.25) is 0 Å². The van der Waals surface area contributed by atoms with E-state index in [-0.39, 0.29) is 5.56 Å². The fourth-order valence-electron chi connectivity index (χ4n) is 2.73. The van der Waals surface area contributed by atoms with E-state index in [9.17, 15) is 4.79 Å². The van der Waals surface area contributed by atoms with Gasteiger partial charge in [-0.3, -0.25) is 4.79 Å². The molecule has 1 heterocycles. The monoisotopic (exact) mass is 522 g/mol. The molecular weight excluding hydrogens is 511 g/mol. The second-order valence-electron chi connectivity index (χ2n) is 5.22. The summed E-state index contributed by atoms with van der Waals surface area (Å²) in [4.78, 5) is 19.9. The van der Waals surface area contributed by atoms with E-state index in [4.69, 9.17) is 4.98 Å². The molecule has 6 heteroatoms. The number of nitrogens with zero attached hydrogens (tertiary/aromatic N) is 1. The Hall–Kier alpha value is -0.210. The summed E-state index contributed by atoms with van der Waals surface area (Å²) >= 11 is 9.07. The third-order valence-electron chi connectivity index (χ3n) is 3.82. The standard InChI is InChI=1S/C15H13Br2IN2O/c16-10-6-5-9(7-11(10)17)14-19-13(8-3-1-2-4-8)12(18)15(21)20-14/h5-8H,1-4H2,(H,19,20,21). The van der Waals surface area contributed by atoms with Crippen molar-refractivity contribution < 1.29 is 0 Å². The highest BCUT2D eigenvalue weighted by Crippen LogP contribution is 2.35. The van der Waals surface area contributed by atoms with Gasteiger partial charge in [-0.05, 0) is 79.4 Å². The van der Waals surface area contributed by atoms with Crippen molar-refractivity contribution >= 4 is 54.5 Å². The molecule has 0 unspecified atom stereocenters. The molecule has 1 aromatic heterocycles. The topological polar surface area (TPSA) is 45.8 Å². The highest BCUT2D eigenvalue weighted by Gasteiger charge is 2.23. The van der Waals surface area contributed by atoms with Crippen LogP contribution in [0.4, 0.5) is 0 Å². The number of hydrogen-bond acceptors (Lipinski definition) is 2. The summed E-state index contributed by atoms with van der Waals surface area (Å²) < 4.78 is 2.66. The lowest BCUT2D eigenvalue weighted by Gasteiger charge is -2.12. The van der Waals surface area contributed by atoms with E-state index in [0.717, 1.165) is 36.6 Å². The fourth-order valence-corrected chi connectivity index (χ4v) is 4.05. The van der Waals surface area contributed by atoms with Gasteiger partial charge in [-0.15, -0.1) is 0 Å². The number of hydrogen-bond donors (Lipinski definition) is 1. The SMILES string of the molecule is O=c1[nH]c(-c2ccc(Br)c(Br)c2)nc(C2CCCC2)c1I. The number of aromatic amines is 1. The molecule has 0 atom stereocenters. The molecule has 0 radical (unpaired) electrons. The van der Waals surface area contributed by atoms with Gasteiger partial charge in [0.15, 0.2) is 0 Å². The Balaban J connectivity index is 2.10. The molecule has 0 bridgehead atoms. The van der Waals surface area contributed by atoms with Crippen molar-refractivity contribution in [3.8, 4) is 11.4 Å². The van der Waals surface area contributed by atoms with Crippen molar-refractivity contribution in [3.63, 3.8) is 0 Å². The van der Waals surface area contributed by atoms with Gasteiger partial charge in [-0.1, -0.05) is 18.9 Å². The summed E-state index contributed by atoms with van der Waals surface area (Å²) in [5.41, 5.74) is 1.84. The maximum atomic E-state index is 12.2. The van der Waals surface area contributed by atoms with Crippen molar-refractivity contribution in [1.29, 1.82) is 0 Å². The van der Waals surface area contributed by atoms with Gasteiger partial charge in [0, 0.05) is 20.4 Å². The summed E-state index contributed by atoms with van der Waals surface area (Å²) in [7, 11) is 0. The molecule has 0 amide bonds. The minimum atomic E-state index is -0.0402. The number of H-pyrrole nitrogens is 1. The van der Waals surface area contributed by atoms with E-state index in [0.29, 0.717) is 11.7 Å². The molecule has 21 heavy (non-hydrogen) atoms. The maximum absolute atomic E-state index is 12.2. The van der Waals surface area contributed by atoms with Crippen LogP contribution in [0.15, 0.2) is 31.9 Å². The first-order valence-electron chi connectivity index (χ1n) is 6.81. The second kappa shape index (κ2) is 6.50. The lowest BCUT2D eigenvalue weighted by atomic mass is 10.0. The van der Waals surface area contributed by atoms with Crippen LogP contribution in [-0.2, 0) is 0 Å². The quantitative estimate of drug-likeness (QED) is 0.548. The first kappa shape index (κ1) is 15.7. The van der Waals surface area contributed by atoms with Crippen LogP contribution in [0.5, 0.6) is 0 Å². The van der Waals surface area contributed by atoms with Crippen LogP contribution in [0.1, 0.15) is 37.3 Å². The summed E-state index contributed by atoms with van der Waals surface area (Å²) in [5, 5.41) is 0. The zero-order valence-corrected chi connectivity index (χ0v) is 16.5. The van der Waals surface area contributed by atoms with Crippen molar-refractivity contribution in [1.82, 2.24) is 9.97 Å². The van der Waals surface area contributed by atoms with Crippen LogP contribution in [0.25, 0.3) is 11.4 Å². The number of halogens is 3. The van der Waals surface area contributed by atoms with Gasteiger partial charge in [0.25, 0.3) is 5.56 Å². The van der Waals surface area contributed by atoms with Crippen molar-refractivity contribution in [2.45, 2.75) is 31.6 Å². The molecular formula is C15H13Br2IN2O. The van der Waals surface area contributed by atoms with E-state index >= 15 is 0 Å². The van der Waals surface area contributed by atoms with E-state index in [1.54, 1.807) is 0 Å². The lowest BCUT2D eigenvalue weighted by molar-refractivity contribution is 0.687. The van der Waals surface area contributed by atoms with Crippen molar-refractivity contribution in [2.24, 2.45) is 0 Å². The van der Waals surface area contributed by atoms with Gasteiger partial charge in [0.1, 0.15) is 5.82 Å². The van der Waals surface area contributed by atoms with Crippen LogP contribution < -0.4 is 5.56 Å². The predicted molar refractivity (Wildman–Crippen MR) is 99.6 cm³/mol. The van der Waals surface area contributed by atoms with E-state index in [1.165, 1.54) is 12.8 Å². The Kier molecular flexibility index (Phi) is 4.85. The number of rotatable bonds is 2. The van der Waals surface area contributed by atoms with Gasteiger partial charge in [-0.2, -0.15) is 0 Å². The summed E-state index contributed by atoms with van der Waals surface area (Å²) in [6.07, 6.45) is 4.73. The van der Waals surface area contributed by atoms with Crippen LogP contribution >= 0.6 is 54.5 Å². The molecule has 1 N–H and O–H groups in total. The molecule has 1 aromatic carbocycles. The molecule has 3 nitrogen and oxygen atoms in total. The Morgan fingerprint density at radius 3 is 2.57 bits per heavy atom. The van der Waals surface area contributed by atoms with Gasteiger partial charge in [0.05, 0.1) is 9.26 Å². The van der Waals surface area contributed by atoms with Crippen LogP contribution in [0, 0.1) is 3.57 Å². The maximum Gasteiger partial charge on any atom is 0.264 e. The fraction of sp³-hybridized carbons (Fsp3) is 0.333. The van der Waals surface area contributed by atoms with E-state index in [1.807, 2.05) is 18.2 Å². The zero-order chi connectivity index (χ0) is 15.0. The second-order valence-corrected chi connectivity index (χ2v) is 8.01. The van der Waals surface area contributed by atoms with Gasteiger partial charge in [-0.25, -0.2) is 4.98 Å². The lowest BCUT2D eigenvalue weighted by Crippen LogP contribution is -2.18. The third-order valence-corrected chi connectivity index (χ3v) is 6.75. The first-order valence-corrected chi connectivity index (χ1v) is 9.48. The average molecular weight is 524 g/mol. The first-order chi connectivity index (χ1) is 10.1. The predicted octanol–water partition coefficient (Wildman–Crippen LogP) is 5.22. The molecule has 0 spiro atoms. The zero-order valence-electron chi connectivity index (χ0n) is 11.1. The van der Waals surface area contributed by atoms with Gasteiger partial charge < -0.3 is 4.98 Å². The molecule has 3 rings (SSSR count). The van der Waals surface area contributed by atoms with Gasteiger partial charge >= 0.3 is 0 Å². The summed E-state index contributed by atoms with van der Waals surface area (Å²) in [5.74, 6) is 1.08. The summed E-state index contributed by atoms with van der Waals surface area (Å²) in [6.45, 7) is 0. The highest BCUT2D eigenvalue weighted by molar-refractivity contribution is 14.1. The molecule has 1 fully saturated rings. The Morgan fingerprint density at radius 2 is 1.90 bits per heavy atom. The molecule has 1 aliphatic rings. The molecule has 0 saturated heterocycles. The normalized spacial score (nSPS) is 15.6. The molecule has 1 aliphatic carbocycles. The van der Waals surface area contributed by atoms with E-state index in [2.05, 4.69) is 59.4 Å². The van der Waals surface area contributed by atoms with Crippen LogP contribution in [0.3, 0.4) is 0 Å². The molecule has 2 aromatic rings. The number of aromatic nitrogens is 2. The Bertz CT molecular complexity index is 739. The molecule has 1 saturated carbocycles. The minimum absolute atomic E-state index is 0.0402. The van der Waals surface area contributed by atoms with E-state index < -0.39 is 0 Å². The summed E-state index contributed by atoms with van der Waals surface area (Å²) in [6, 6.07) is 5.87. The number of benzene rings is 1. The van der Waals surface area contributed by atoms with Crippen molar-refractivity contribution in [3.05, 3.63) is 46.8 Å². The number of nitrogens with one attached hydrogen (secondary N) is 1. The largest absolute Gasteiger partial charge is 0.306 e. The third kappa shape index (κ3) is 3.27. The Labute approximate surface area is 153 Å². The Morgan fingerprint density at radius 1 is 1.19 bits per heavy atom. The highest BCUT2D eigenvalue weighted by atomic mass is 127.